The number of carbonyl (C=O) groups is 1. The smallest absolute Gasteiger partial charge is 0.407 e. The largest absolute Gasteiger partial charge is 0.493 e. The molecule has 4 aromatic rings. The normalized spacial score (nSPS) is 12.4. The molecule has 3 N–H and O–H groups in total. The second kappa shape index (κ2) is 11.2. The zero-order valence-corrected chi connectivity index (χ0v) is 23.4. The van der Waals surface area contributed by atoms with Crippen LogP contribution in [0.4, 0.5) is 10.6 Å². The molecule has 0 aliphatic rings. The van der Waals surface area contributed by atoms with E-state index in [-0.39, 0.29) is 18.6 Å². The third kappa shape index (κ3) is 6.39. The minimum Gasteiger partial charge on any atom is -0.493 e. The van der Waals surface area contributed by atoms with Crippen LogP contribution >= 0.6 is 0 Å². The lowest BCUT2D eigenvalue weighted by Gasteiger charge is -2.25. The van der Waals surface area contributed by atoms with Crippen LogP contribution in [-0.2, 0) is 4.74 Å². The van der Waals surface area contributed by atoms with Gasteiger partial charge in [-0.3, -0.25) is 9.97 Å². The van der Waals surface area contributed by atoms with Crippen LogP contribution in [0.2, 0.25) is 0 Å². The van der Waals surface area contributed by atoms with Gasteiger partial charge in [0.25, 0.3) is 0 Å². The summed E-state index contributed by atoms with van der Waals surface area (Å²) in [4.78, 5) is 25.8. The molecule has 10 nitrogen and oxygen atoms in total. The zero-order chi connectivity index (χ0) is 28.3. The van der Waals surface area contributed by atoms with Gasteiger partial charge in [0.05, 0.1) is 37.7 Å². The van der Waals surface area contributed by atoms with Crippen molar-refractivity contribution in [1.29, 1.82) is 0 Å². The molecular weight excluding hydrogens is 498 g/mol. The lowest BCUT2D eigenvalue weighted by Crippen LogP contribution is -2.45. The molecule has 1 atom stereocenters. The Kier molecular flexibility index (Phi) is 7.94. The van der Waals surface area contributed by atoms with Gasteiger partial charge in [0.15, 0.2) is 11.5 Å². The summed E-state index contributed by atoms with van der Waals surface area (Å²) in [6.45, 7) is 9.73. The second-order valence-electron chi connectivity index (χ2n) is 10.6. The lowest BCUT2D eigenvalue weighted by molar-refractivity contribution is 0.0468. The first kappa shape index (κ1) is 27.7. The van der Waals surface area contributed by atoms with Gasteiger partial charge in [0.2, 0.25) is 0 Å². The van der Waals surface area contributed by atoms with E-state index in [1.807, 2.05) is 58.9 Å². The second-order valence-corrected chi connectivity index (χ2v) is 10.6. The first-order valence-corrected chi connectivity index (χ1v) is 12.7. The van der Waals surface area contributed by atoms with Crippen molar-refractivity contribution in [2.45, 2.75) is 46.3 Å². The third-order valence-electron chi connectivity index (χ3n) is 6.16. The van der Waals surface area contributed by atoms with Crippen molar-refractivity contribution in [2.75, 3.05) is 26.6 Å². The number of pyridine rings is 3. The molecule has 10 heteroatoms. The highest BCUT2D eigenvalue weighted by atomic mass is 16.6. The van der Waals surface area contributed by atoms with E-state index in [2.05, 4.69) is 20.3 Å². The Bertz CT molecular complexity index is 1500. The quantitative estimate of drug-likeness (QED) is 0.287. The lowest BCUT2D eigenvalue weighted by atomic mass is 10.0. The molecule has 0 unspecified atom stereocenters. The van der Waals surface area contributed by atoms with E-state index in [0.29, 0.717) is 28.8 Å². The molecule has 1 aromatic carbocycles. The maximum absolute atomic E-state index is 12.3. The molecule has 39 heavy (non-hydrogen) atoms. The fraction of sp³-hybridized carbons (Fsp3) is 0.379. The molecule has 0 saturated heterocycles. The van der Waals surface area contributed by atoms with Gasteiger partial charge in [-0.15, -0.1) is 0 Å². The van der Waals surface area contributed by atoms with Crippen LogP contribution in [0.25, 0.3) is 32.9 Å². The fourth-order valence-corrected chi connectivity index (χ4v) is 4.09. The standard InChI is InChI=1S/C29H35N5O5/c1-16(2)24(34-28(35)39-29(3,4)5)15-38-18-8-17(12-31-13-18)22-9-19-20-10-25(36-6)26(37-7)11-23(20)32-14-21(19)27(30)33-22/h8-14,16,24H,15H2,1-7H3,(H2,30,33)(H,34,35)/t24-/m1/s1. The minimum atomic E-state index is -0.585. The van der Waals surface area contributed by atoms with Crippen LogP contribution in [0.15, 0.2) is 42.9 Å². The average molecular weight is 534 g/mol. The maximum atomic E-state index is 12.3. The number of aromatic nitrogens is 3. The first-order chi connectivity index (χ1) is 18.5. The fourth-order valence-electron chi connectivity index (χ4n) is 4.09. The molecule has 3 heterocycles. The van der Waals surface area contributed by atoms with Crippen molar-refractivity contribution in [3.05, 3.63) is 42.9 Å². The van der Waals surface area contributed by atoms with Crippen LogP contribution in [0.3, 0.4) is 0 Å². The number of hydrogen-bond donors (Lipinski definition) is 2. The number of nitrogens with one attached hydrogen (secondary N) is 1. The van der Waals surface area contributed by atoms with E-state index in [4.69, 9.17) is 24.7 Å². The maximum Gasteiger partial charge on any atom is 0.407 e. The predicted octanol–water partition coefficient (Wildman–Crippen LogP) is 5.37. The topological polar surface area (TPSA) is 131 Å². The summed E-state index contributed by atoms with van der Waals surface area (Å²) in [5.74, 6) is 2.19. The summed E-state index contributed by atoms with van der Waals surface area (Å²) in [7, 11) is 3.18. The van der Waals surface area contributed by atoms with E-state index in [1.54, 1.807) is 32.8 Å². The SMILES string of the molecule is COc1cc2ncc3c(N)nc(-c4cncc(OC[C@@H](NC(=O)OC(C)(C)C)C(C)C)c4)cc3c2cc1OC. The van der Waals surface area contributed by atoms with Crippen LogP contribution in [0, 0.1) is 5.92 Å². The predicted molar refractivity (Wildman–Crippen MR) is 151 cm³/mol. The van der Waals surface area contributed by atoms with Gasteiger partial charge >= 0.3 is 6.09 Å². The molecule has 0 saturated carbocycles. The van der Waals surface area contributed by atoms with Crippen molar-refractivity contribution in [3.63, 3.8) is 0 Å². The molecule has 0 fully saturated rings. The molecule has 0 radical (unpaired) electrons. The van der Waals surface area contributed by atoms with Crippen LogP contribution in [0.5, 0.6) is 17.2 Å². The van der Waals surface area contributed by atoms with E-state index in [0.717, 1.165) is 27.2 Å². The first-order valence-electron chi connectivity index (χ1n) is 12.7. The summed E-state index contributed by atoms with van der Waals surface area (Å²) in [5.41, 5.74) is 7.88. The Morgan fingerprint density at radius 1 is 0.974 bits per heavy atom. The van der Waals surface area contributed by atoms with E-state index in [9.17, 15) is 4.79 Å². The Labute approximate surface area is 227 Å². The van der Waals surface area contributed by atoms with Gasteiger partial charge in [0.1, 0.15) is 23.8 Å². The van der Waals surface area contributed by atoms with Crippen LogP contribution in [0.1, 0.15) is 34.6 Å². The van der Waals surface area contributed by atoms with Crippen molar-refractivity contribution in [2.24, 2.45) is 5.92 Å². The number of nitrogen functional groups attached to an aromatic ring is 1. The van der Waals surface area contributed by atoms with Gasteiger partial charge in [-0.05, 0) is 50.3 Å². The number of carbonyl (C=O) groups excluding carboxylic acids is 1. The van der Waals surface area contributed by atoms with Crippen molar-refractivity contribution in [1.82, 2.24) is 20.3 Å². The number of anilines is 1. The van der Waals surface area contributed by atoms with E-state index >= 15 is 0 Å². The number of methoxy groups -OCH3 is 2. The summed E-state index contributed by atoms with van der Waals surface area (Å²) in [6, 6.07) is 7.25. The number of hydrogen-bond acceptors (Lipinski definition) is 9. The molecule has 3 aromatic heterocycles. The Hall–Kier alpha value is -4.34. The summed E-state index contributed by atoms with van der Waals surface area (Å²) >= 11 is 0. The highest BCUT2D eigenvalue weighted by Crippen LogP contribution is 2.37. The number of alkyl carbamates (subject to hydrolysis) is 1. The van der Waals surface area contributed by atoms with Gasteiger partial charge in [-0.2, -0.15) is 0 Å². The van der Waals surface area contributed by atoms with Crippen LogP contribution in [-0.4, -0.2) is 53.5 Å². The number of nitrogens with zero attached hydrogens (tertiary/aromatic N) is 3. The number of ether oxygens (including phenoxy) is 4. The monoisotopic (exact) mass is 533 g/mol. The number of benzene rings is 1. The molecular formula is C29H35N5O5. The van der Waals surface area contributed by atoms with Crippen molar-refractivity contribution in [3.8, 4) is 28.5 Å². The van der Waals surface area contributed by atoms with Gasteiger partial charge < -0.3 is 30.0 Å². The Morgan fingerprint density at radius 2 is 1.69 bits per heavy atom. The highest BCUT2D eigenvalue weighted by molar-refractivity contribution is 6.10. The highest BCUT2D eigenvalue weighted by Gasteiger charge is 2.22. The molecule has 0 bridgehead atoms. The van der Waals surface area contributed by atoms with Crippen molar-refractivity contribution >= 4 is 33.6 Å². The molecule has 1 amide bonds. The van der Waals surface area contributed by atoms with E-state index < -0.39 is 11.7 Å². The van der Waals surface area contributed by atoms with Gasteiger partial charge in [-0.1, -0.05) is 13.8 Å². The Balaban J connectivity index is 1.63. The molecule has 4 rings (SSSR count). The minimum absolute atomic E-state index is 0.119. The molecule has 0 aliphatic carbocycles. The molecule has 0 aliphatic heterocycles. The van der Waals surface area contributed by atoms with Crippen LogP contribution < -0.4 is 25.3 Å². The number of rotatable bonds is 8. The van der Waals surface area contributed by atoms with E-state index in [1.165, 1.54) is 0 Å². The van der Waals surface area contributed by atoms with Crippen molar-refractivity contribution < 1.29 is 23.7 Å². The molecule has 206 valence electrons. The summed E-state index contributed by atoms with van der Waals surface area (Å²) < 4.78 is 22.4. The average Bonchev–Trinajstić information content (AvgIpc) is 2.88. The van der Waals surface area contributed by atoms with Gasteiger partial charge in [-0.25, -0.2) is 9.78 Å². The summed E-state index contributed by atoms with van der Waals surface area (Å²) in [5, 5.41) is 5.35. The molecule has 0 spiro atoms. The third-order valence-corrected chi connectivity index (χ3v) is 6.16. The number of nitrogens with two attached hydrogens (primary N) is 1. The zero-order valence-electron chi connectivity index (χ0n) is 23.4. The summed E-state index contributed by atoms with van der Waals surface area (Å²) in [6.07, 6.45) is 4.54. The van der Waals surface area contributed by atoms with Gasteiger partial charge in [0, 0.05) is 34.8 Å². The Morgan fingerprint density at radius 3 is 2.36 bits per heavy atom. The number of amides is 1. The number of fused-ring (bicyclic) bond motifs is 3.